The van der Waals surface area contributed by atoms with Gasteiger partial charge in [0, 0.05) is 23.7 Å². The zero-order valence-electron chi connectivity index (χ0n) is 15.5. The van der Waals surface area contributed by atoms with Crippen LogP contribution in [0.3, 0.4) is 0 Å². The number of piperidine rings is 1. The number of nitrogens with zero attached hydrogens (tertiary/aromatic N) is 4. The van der Waals surface area contributed by atoms with Gasteiger partial charge in [-0.05, 0) is 36.8 Å². The molecule has 0 radical (unpaired) electrons. The van der Waals surface area contributed by atoms with Gasteiger partial charge in [0.15, 0.2) is 0 Å². The molecule has 0 aliphatic carbocycles. The van der Waals surface area contributed by atoms with Gasteiger partial charge in [0.1, 0.15) is 11.3 Å². The van der Waals surface area contributed by atoms with Gasteiger partial charge in [-0.2, -0.15) is 5.10 Å². The van der Waals surface area contributed by atoms with Crippen LogP contribution in [0, 0.1) is 12.3 Å². The monoisotopic (exact) mass is 369 g/mol. The van der Waals surface area contributed by atoms with Gasteiger partial charge in [0.25, 0.3) is 0 Å². The molecule has 0 amide bonds. The van der Waals surface area contributed by atoms with Gasteiger partial charge in [0.2, 0.25) is 5.65 Å². The van der Waals surface area contributed by atoms with Crippen molar-refractivity contribution in [2.45, 2.75) is 40.0 Å². The molecule has 1 aliphatic rings. The van der Waals surface area contributed by atoms with Crippen molar-refractivity contribution in [2.75, 3.05) is 18.0 Å². The number of anilines is 1. The summed E-state index contributed by atoms with van der Waals surface area (Å²) in [7, 11) is 0. The lowest BCUT2D eigenvalue weighted by molar-refractivity contribution is 0.238. The quantitative estimate of drug-likeness (QED) is 0.705. The number of aromatic nitrogens is 4. The maximum atomic E-state index is 6.27. The van der Waals surface area contributed by atoms with Crippen molar-refractivity contribution < 1.29 is 0 Å². The molecule has 136 valence electrons. The molecule has 4 rings (SSSR count). The summed E-state index contributed by atoms with van der Waals surface area (Å²) in [5.74, 6) is 0.913. The molecule has 1 saturated heterocycles. The van der Waals surface area contributed by atoms with Crippen LogP contribution in [0.2, 0.25) is 5.02 Å². The number of halogens is 1. The van der Waals surface area contributed by atoms with E-state index in [9.17, 15) is 0 Å². The van der Waals surface area contributed by atoms with Gasteiger partial charge in [-0.25, -0.2) is 9.97 Å². The number of benzene rings is 1. The molecule has 3 aromatic rings. The normalized spacial score (nSPS) is 17.0. The summed E-state index contributed by atoms with van der Waals surface area (Å²) in [5, 5.41) is 8.23. The minimum absolute atomic E-state index is 0.456. The van der Waals surface area contributed by atoms with Crippen molar-refractivity contribution in [3.8, 4) is 11.3 Å². The van der Waals surface area contributed by atoms with Gasteiger partial charge >= 0.3 is 0 Å². The standard InChI is InChI=1S/C20H24ClN5/c1-4-20(3)8-10-26(11-9-20)16-12-22-18-17(24-25-19(18)23-16)14-6-5-7-15(21)13(14)2/h5-7,12H,4,8-11H2,1-3H3,(H,23,24,25). The Morgan fingerprint density at radius 1 is 1.27 bits per heavy atom. The molecule has 0 bridgehead atoms. The number of aromatic amines is 1. The minimum Gasteiger partial charge on any atom is -0.355 e. The van der Waals surface area contributed by atoms with Crippen LogP contribution in [0.1, 0.15) is 38.7 Å². The first kappa shape index (κ1) is 17.3. The second-order valence-electron chi connectivity index (χ2n) is 7.56. The number of fused-ring (bicyclic) bond motifs is 1. The molecular formula is C20H24ClN5. The third-order valence-electron chi connectivity index (χ3n) is 5.94. The predicted octanol–water partition coefficient (Wildman–Crippen LogP) is 5.00. The molecular weight excluding hydrogens is 346 g/mol. The highest BCUT2D eigenvalue weighted by molar-refractivity contribution is 6.31. The lowest BCUT2D eigenvalue weighted by Gasteiger charge is -2.39. The predicted molar refractivity (Wildman–Crippen MR) is 107 cm³/mol. The molecule has 6 heteroatoms. The Labute approximate surface area is 158 Å². The van der Waals surface area contributed by atoms with Crippen LogP contribution >= 0.6 is 11.6 Å². The number of H-pyrrole nitrogens is 1. The van der Waals surface area contributed by atoms with Crippen molar-refractivity contribution in [2.24, 2.45) is 5.41 Å². The highest BCUT2D eigenvalue weighted by Crippen LogP contribution is 2.36. The maximum absolute atomic E-state index is 6.27. The van der Waals surface area contributed by atoms with Crippen LogP contribution in [0.4, 0.5) is 5.82 Å². The summed E-state index contributed by atoms with van der Waals surface area (Å²) in [4.78, 5) is 11.8. The molecule has 1 fully saturated rings. The van der Waals surface area contributed by atoms with E-state index in [2.05, 4.69) is 33.9 Å². The SMILES string of the molecule is CCC1(C)CCN(c2cnc3c(-c4cccc(Cl)c4C)[nH]nc3n2)CC1. The smallest absolute Gasteiger partial charge is 0.202 e. The molecule has 1 aromatic carbocycles. The van der Waals surface area contributed by atoms with E-state index in [1.54, 1.807) is 0 Å². The zero-order valence-corrected chi connectivity index (χ0v) is 16.3. The van der Waals surface area contributed by atoms with Crippen LogP contribution in [0.25, 0.3) is 22.4 Å². The van der Waals surface area contributed by atoms with Crippen molar-refractivity contribution >= 4 is 28.6 Å². The molecule has 3 heterocycles. The molecule has 0 unspecified atom stereocenters. The van der Waals surface area contributed by atoms with E-state index in [0.29, 0.717) is 11.1 Å². The Morgan fingerprint density at radius 3 is 2.77 bits per heavy atom. The number of nitrogens with one attached hydrogen (secondary N) is 1. The van der Waals surface area contributed by atoms with Crippen LogP contribution in [-0.4, -0.2) is 33.3 Å². The first-order valence-electron chi connectivity index (χ1n) is 9.22. The first-order chi connectivity index (χ1) is 12.5. The van der Waals surface area contributed by atoms with Gasteiger partial charge in [0.05, 0.1) is 11.9 Å². The second-order valence-corrected chi connectivity index (χ2v) is 7.97. The number of rotatable bonds is 3. The molecule has 0 saturated carbocycles. The molecule has 1 aliphatic heterocycles. The highest BCUT2D eigenvalue weighted by atomic mass is 35.5. The van der Waals surface area contributed by atoms with E-state index < -0.39 is 0 Å². The fraction of sp³-hybridized carbons (Fsp3) is 0.450. The average molecular weight is 370 g/mol. The van der Waals surface area contributed by atoms with E-state index in [-0.39, 0.29) is 0 Å². The van der Waals surface area contributed by atoms with E-state index in [1.165, 1.54) is 19.3 Å². The van der Waals surface area contributed by atoms with Crippen LogP contribution in [-0.2, 0) is 0 Å². The third kappa shape index (κ3) is 2.94. The van der Waals surface area contributed by atoms with Crippen molar-refractivity contribution in [1.82, 2.24) is 20.2 Å². The number of hydrogen-bond donors (Lipinski definition) is 1. The molecule has 0 spiro atoms. The van der Waals surface area contributed by atoms with Crippen molar-refractivity contribution in [3.63, 3.8) is 0 Å². The summed E-state index contributed by atoms with van der Waals surface area (Å²) >= 11 is 6.27. The lowest BCUT2D eigenvalue weighted by atomic mass is 9.78. The Hall–Kier alpha value is -2.14. The first-order valence-corrected chi connectivity index (χ1v) is 9.60. The maximum Gasteiger partial charge on any atom is 0.202 e. The van der Waals surface area contributed by atoms with Gasteiger partial charge < -0.3 is 4.90 Å². The highest BCUT2D eigenvalue weighted by Gasteiger charge is 2.29. The summed E-state index contributed by atoms with van der Waals surface area (Å²) < 4.78 is 0. The molecule has 1 N–H and O–H groups in total. The Bertz CT molecular complexity index is 941. The largest absolute Gasteiger partial charge is 0.355 e. The fourth-order valence-electron chi connectivity index (χ4n) is 3.63. The Balaban J connectivity index is 1.65. The topological polar surface area (TPSA) is 57.7 Å². The summed E-state index contributed by atoms with van der Waals surface area (Å²) in [6.07, 6.45) is 5.48. The van der Waals surface area contributed by atoms with E-state index in [1.807, 2.05) is 31.3 Å². The van der Waals surface area contributed by atoms with Gasteiger partial charge in [-0.3, -0.25) is 5.10 Å². The van der Waals surface area contributed by atoms with Crippen LogP contribution in [0.5, 0.6) is 0 Å². The lowest BCUT2D eigenvalue weighted by Crippen LogP contribution is -2.38. The van der Waals surface area contributed by atoms with Gasteiger partial charge in [-0.15, -0.1) is 0 Å². The third-order valence-corrected chi connectivity index (χ3v) is 6.35. The Morgan fingerprint density at radius 2 is 2.04 bits per heavy atom. The minimum atomic E-state index is 0.456. The van der Waals surface area contributed by atoms with Crippen LogP contribution < -0.4 is 4.90 Å². The zero-order chi connectivity index (χ0) is 18.3. The van der Waals surface area contributed by atoms with Crippen LogP contribution in [0.15, 0.2) is 24.4 Å². The number of hydrogen-bond acceptors (Lipinski definition) is 4. The fourth-order valence-corrected chi connectivity index (χ4v) is 3.81. The molecule has 0 atom stereocenters. The summed E-state index contributed by atoms with van der Waals surface area (Å²) in [6.45, 7) is 8.71. The van der Waals surface area contributed by atoms with Gasteiger partial charge in [-0.1, -0.05) is 44.0 Å². The Kier molecular flexibility index (Phi) is 4.35. The van der Waals surface area contributed by atoms with E-state index in [0.717, 1.165) is 46.3 Å². The molecule has 2 aromatic heterocycles. The average Bonchev–Trinajstić information content (AvgIpc) is 3.07. The van der Waals surface area contributed by atoms with Crippen molar-refractivity contribution in [3.05, 3.63) is 35.0 Å². The molecule has 26 heavy (non-hydrogen) atoms. The van der Waals surface area contributed by atoms with E-state index in [4.69, 9.17) is 16.6 Å². The summed E-state index contributed by atoms with van der Waals surface area (Å²) in [5.41, 5.74) is 4.79. The summed E-state index contributed by atoms with van der Waals surface area (Å²) in [6, 6.07) is 5.86. The van der Waals surface area contributed by atoms with E-state index >= 15 is 0 Å². The van der Waals surface area contributed by atoms with Crippen molar-refractivity contribution in [1.29, 1.82) is 0 Å². The molecule has 5 nitrogen and oxygen atoms in total. The second kappa shape index (κ2) is 6.54.